The summed E-state index contributed by atoms with van der Waals surface area (Å²) in [5.74, 6) is 0. The van der Waals surface area contributed by atoms with E-state index in [-0.39, 0.29) is 0 Å². The van der Waals surface area contributed by atoms with Crippen LogP contribution in [0.15, 0.2) is 11.5 Å². The van der Waals surface area contributed by atoms with E-state index in [4.69, 9.17) is 0 Å². The van der Waals surface area contributed by atoms with Crippen LogP contribution < -0.4 is 0 Å². The van der Waals surface area contributed by atoms with Gasteiger partial charge < -0.3 is 0 Å². The predicted octanol–water partition coefficient (Wildman–Crippen LogP) is 3.04. The molecule has 11 heavy (non-hydrogen) atoms. The SMILES string of the molecule is CCCCCN1CCC=CS1. The largest absolute Gasteiger partial charge is 0.247 e. The lowest BCUT2D eigenvalue weighted by molar-refractivity contribution is 0.455. The fraction of sp³-hybridized carbons (Fsp3) is 0.778. The second kappa shape index (κ2) is 5.67. The van der Waals surface area contributed by atoms with Crippen molar-refractivity contribution in [3.8, 4) is 0 Å². The summed E-state index contributed by atoms with van der Waals surface area (Å²) in [6.45, 7) is 4.76. The quantitative estimate of drug-likeness (QED) is 0.472. The fourth-order valence-electron chi connectivity index (χ4n) is 1.17. The molecular formula is C9H17NS. The molecule has 0 aromatic rings. The van der Waals surface area contributed by atoms with Crippen LogP contribution in [0.2, 0.25) is 0 Å². The van der Waals surface area contributed by atoms with Crippen LogP contribution in [0.4, 0.5) is 0 Å². The van der Waals surface area contributed by atoms with Crippen molar-refractivity contribution in [3.05, 3.63) is 11.5 Å². The van der Waals surface area contributed by atoms with E-state index in [0.717, 1.165) is 0 Å². The number of unbranched alkanes of at least 4 members (excludes halogenated alkanes) is 2. The minimum atomic E-state index is 1.24. The Balaban J connectivity index is 2.02. The Morgan fingerprint density at radius 2 is 2.36 bits per heavy atom. The van der Waals surface area contributed by atoms with Crippen molar-refractivity contribution in [1.82, 2.24) is 4.31 Å². The fourth-order valence-corrected chi connectivity index (χ4v) is 2.01. The normalized spacial score (nSPS) is 19.0. The Kier molecular flexibility index (Phi) is 4.71. The van der Waals surface area contributed by atoms with Crippen molar-refractivity contribution < 1.29 is 0 Å². The molecule has 0 spiro atoms. The molecule has 0 N–H and O–H groups in total. The van der Waals surface area contributed by atoms with Crippen molar-refractivity contribution in [1.29, 1.82) is 0 Å². The average Bonchev–Trinajstić information content (AvgIpc) is 2.07. The van der Waals surface area contributed by atoms with Gasteiger partial charge in [0.05, 0.1) is 0 Å². The van der Waals surface area contributed by atoms with Gasteiger partial charge in [-0.2, -0.15) is 0 Å². The van der Waals surface area contributed by atoms with E-state index in [2.05, 4.69) is 22.7 Å². The van der Waals surface area contributed by atoms with Gasteiger partial charge in [0.25, 0.3) is 0 Å². The zero-order chi connectivity index (χ0) is 7.94. The third kappa shape index (κ3) is 3.82. The highest BCUT2D eigenvalue weighted by molar-refractivity contribution is 7.99. The second-order valence-corrected chi connectivity index (χ2v) is 3.90. The molecule has 0 saturated carbocycles. The highest BCUT2D eigenvalue weighted by atomic mass is 32.2. The topological polar surface area (TPSA) is 3.24 Å². The van der Waals surface area contributed by atoms with Gasteiger partial charge in [-0.3, -0.25) is 0 Å². The van der Waals surface area contributed by atoms with E-state index < -0.39 is 0 Å². The number of nitrogens with zero attached hydrogens (tertiary/aromatic N) is 1. The highest BCUT2D eigenvalue weighted by Gasteiger charge is 2.04. The van der Waals surface area contributed by atoms with Crippen LogP contribution in [0.25, 0.3) is 0 Å². The Hall–Kier alpha value is 0.0500. The standard InChI is InChI=1S/C9H17NS/c1-2-3-4-7-10-8-5-6-9-11-10/h6,9H,2-5,7-8H2,1H3. The molecule has 0 bridgehead atoms. The number of hydrogen-bond donors (Lipinski definition) is 0. The van der Waals surface area contributed by atoms with Crippen molar-refractivity contribution in [2.75, 3.05) is 13.1 Å². The lowest BCUT2D eigenvalue weighted by atomic mass is 10.2. The smallest absolute Gasteiger partial charge is 0.0127 e. The first-order valence-corrected chi connectivity index (χ1v) is 5.34. The molecule has 0 radical (unpaired) electrons. The van der Waals surface area contributed by atoms with Crippen LogP contribution in [-0.2, 0) is 0 Å². The summed E-state index contributed by atoms with van der Waals surface area (Å²) in [5, 5.41) is 2.20. The molecule has 0 aromatic carbocycles. The van der Waals surface area contributed by atoms with Crippen LogP contribution in [-0.4, -0.2) is 17.4 Å². The van der Waals surface area contributed by atoms with Gasteiger partial charge in [0.2, 0.25) is 0 Å². The van der Waals surface area contributed by atoms with Crippen LogP contribution in [0.3, 0.4) is 0 Å². The molecule has 1 aliphatic heterocycles. The van der Waals surface area contributed by atoms with E-state index in [9.17, 15) is 0 Å². The molecule has 2 heteroatoms. The van der Waals surface area contributed by atoms with Gasteiger partial charge in [0.15, 0.2) is 0 Å². The third-order valence-electron chi connectivity index (χ3n) is 1.86. The molecule has 0 aromatic heterocycles. The summed E-state index contributed by atoms with van der Waals surface area (Å²) in [5.41, 5.74) is 0. The first-order valence-electron chi connectivity index (χ1n) is 4.50. The van der Waals surface area contributed by atoms with Crippen molar-refractivity contribution in [2.24, 2.45) is 0 Å². The van der Waals surface area contributed by atoms with Crippen LogP contribution in [0.1, 0.15) is 32.6 Å². The van der Waals surface area contributed by atoms with E-state index in [1.165, 1.54) is 38.8 Å². The maximum absolute atomic E-state index is 2.45. The molecule has 0 atom stereocenters. The molecule has 0 saturated heterocycles. The molecule has 0 amide bonds. The lowest BCUT2D eigenvalue weighted by Gasteiger charge is -2.20. The Labute approximate surface area is 74.0 Å². The molecule has 0 fully saturated rings. The van der Waals surface area contributed by atoms with Gasteiger partial charge in [0.1, 0.15) is 0 Å². The maximum Gasteiger partial charge on any atom is 0.0127 e. The minimum absolute atomic E-state index is 1.24. The lowest BCUT2D eigenvalue weighted by Crippen LogP contribution is -2.19. The van der Waals surface area contributed by atoms with Crippen LogP contribution in [0, 0.1) is 0 Å². The Morgan fingerprint density at radius 3 is 3.00 bits per heavy atom. The minimum Gasteiger partial charge on any atom is -0.247 e. The summed E-state index contributed by atoms with van der Waals surface area (Å²) in [6.07, 6.45) is 7.55. The predicted molar refractivity (Wildman–Crippen MR) is 52.4 cm³/mol. The van der Waals surface area contributed by atoms with E-state index >= 15 is 0 Å². The van der Waals surface area contributed by atoms with Gasteiger partial charge in [0, 0.05) is 13.1 Å². The summed E-state index contributed by atoms with van der Waals surface area (Å²) in [6, 6.07) is 0. The van der Waals surface area contributed by atoms with Crippen LogP contribution >= 0.6 is 11.9 Å². The summed E-state index contributed by atoms with van der Waals surface area (Å²) < 4.78 is 2.45. The molecule has 1 rings (SSSR count). The average molecular weight is 171 g/mol. The maximum atomic E-state index is 2.45. The summed E-state index contributed by atoms with van der Waals surface area (Å²) in [4.78, 5) is 0. The van der Waals surface area contributed by atoms with Gasteiger partial charge in [-0.15, -0.1) is 0 Å². The third-order valence-corrected chi connectivity index (χ3v) is 2.84. The van der Waals surface area contributed by atoms with E-state index in [0.29, 0.717) is 0 Å². The van der Waals surface area contributed by atoms with Gasteiger partial charge >= 0.3 is 0 Å². The number of hydrogen-bond acceptors (Lipinski definition) is 2. The molecule has 1 heterocycles. The summed E-state index contributed by atoms with van der Waals surface area (Å²) in [7, 11) is 0. The van der Waals surface area contributed by atoms with Gasteiger partial charge in [-0.1, -0.05) is 37.8 Å². The Bertz CT molecular complexity index is 123. The van der Waals surface area contributed by atoms with Crippen LogP contribution in [0.5, 0.6) is 0 Å². The van der Waals surface area contributed by atoms with E-state index in [1.54, 1.807) is 0 Å². The van der Waals surface area contributed by atoms with E-state index in [1.807, 2.05) is 11.9 Å². The van der Waals surface area contributed by atoms with Crippen molar-refractivity contribution in [2.45, 2.75) is 32.6 Å². The van der Waals surface area contributed by atoms with Crippen molar-refractivity contribution in [3.63, 3.8) is 0 Å². The second-order valence-electron chi connectivity index (χ2n) is 2.90. The first kappa shape index (κ1) is 9.14. The zero-order valence-electron chi connectivity index (χ0n) is 7.25. The highest BCUT2D eigenvalue weighted by Crippen LogP contribution is 2.18. The first-order chi connectivity index (χ1) is 5.43. The molecule has 0 unspecified atom stereocenters. The van der Waals surface area contributed by atoms with Gasteiger partial charge in [-0.05, 0) is 18.2 Å². The Morgan fingerprint density at radius 1 is 1.45 bits per heavy atom. The van der Waals surface area contributed by atoms with Crippen molar-refractivity contribution >= 4 is 11.9 Å². The number of rotatable bonds is 4. The molecular weight excluding hydrogens is 154 g/mol. The molecule has 64 valence electrons. The zero-order valence-corrected chi connectivity index (χ0v) is 8.07. The molecule has 1 aliphatic rings. The monoisotopic (exact) mass is 171 g/mol. The van der Waals surface area contributed by atoms with Gasteiger partial charge in [-0.25, -0.2) is 4.31 Å². The molecule has 1 nitrogen and oxygen atoms in total. The molecule has 0 aliphatic carbocycles. The summed E-state index contributed by atoms with van der Waals surface area (Å²) >= 11 is 1.87.